The van der Waals surface area contributed by atoms with Crippen molar-refractivity contribution in [3.63, 3.8) is 0 Å². The van der Waals surface area contributed by atoms with Gasteiger partial charge in [0.15, 0.2) is 0 Å². The molecule has 0 aliphatic rings. The van der Waals surface area contributed by atoms with Crippen LogP contribution < -0.4 is 5.32 Å². The lowest BCUT2D eigenvalue weighted by molar-refractivity contribution is -0.121. The predicted octanol–water partition coefficient (Wildman–Crippen LogP) is 2.08. The van der Waals surface area contributed by atoms with Crippen LogP contribution in [0.1, 0.15) is 27.9 Å². The van der Waals surface area contributed by atoms with Crippen molar-refractivity contribution in [3.05, 3.63) is 65.2 Å². The molecule has 162 valence electrons. The number of amides is 1. The molecule has 0 bridgehead atoms. The maximum absolute atomic E-state index is 12.1. The molecule has 1 N–H and O–H groups in total. The van der Waals surface area contributed by atoms with Crippen LogP contribution in [0.2, 0.25) is 0 Å². The first-order valence-corrected chi connectivity index (χ1v) is 10.8. The summed E-state index contributed by atoms with van der Waals surface area (Å²) in [5.41, 5.74) is 2.47. The Balaban J connectivity index is 1.74. The Morgan fingerprint density at radius 2 is 1.67 bits per heavy atom. The van der Waals surface area contributed by atoms with Crippen LogP contribution in [0.25, 0.3) is 0 Å². The second-order valence-electron chi connectivity index (χ2n) is 6.59. The Kier molecular flexibility index (Phi) is 8.52. The van der Waals surface area contributed by atoms with Crippen LogP contribution in [0.15, 0.2) is 53.4 Å². The summed E-state index contributed by atoms with van der Waals surface area (Å²) in [4.78, 5) is 28.6. The fourth-order valence-corrected chi connectivity index (χ4v) is 3.50. The van der Waals surface area contributed by atoms with Crippen molar-refractivity contribution < 1.29 is 27.6 Å². The zero-order valence-electron chi connectivity index (χ0n) is 17.3. The first-order chi connectivity index (χ1) is 14.2. The third-order valence-corrected chi connectivity index (χ3v) is 6.10. The molecule has 0 unspecified atom stereocenters. The van der Waals surface area contributed by atoms with Gasteiger partial charge in [0.2, 0.25) is 5.91 Å². The normalized spacial score (nSPS) is 11.3. The quantitative estimate of drug-likeness (QED) is 0.349. The Bertz CT molecular complexity index is 956. The number of nitrogens with zero attached hydrogens (tertiary/aromatic N) is 1. The number of esters is 1. The second-order valence-corrected chi connectivity index (χ2v) is 8.53. The van der Waals surface area contributed by atoms with Crippen molar-refractivity contribution in [1.29, 1.82) is 0 Å². The lowest BCUT2D eigenvalue weighted by atomic mass is 10.1. The molecule has 0 spiro atoms. The van der Waals surface area contributed by atoms with Gasteiger partial charge in [-0.05, 0) is 43.2 Å². The van der Waals surface area contributed by atoms with Crippen LogP contribution >= 0.6 is 0 Å². The molecule has 8 nitrogen and oxygen atoms in total. The van der Waals surface area contributed by atoms with Gasteiger partial charge in [-0.1, -0.05) is 34.3 Å². The molecule has 0 saturated heterocycles. The summed E-state index contributed by atoms with van der Waals surface area (Å²) >= 11 is 0. The molecular formula is C21H26N2O6S. The maximum Gasteiger partial charge on any atom is 0.338 e. The number of aryl methyl sites for hydroxylation is 2. The van der Waals surface area contributed by atoms with E-state index in [0.717, 1.165) is 10.0 Å². The molecule has 0 saturated carbocycles. The molecule has 0 atom stereocenters. The number of carbonyl (C=O) groups excluding carboxylic acids is 2. The molecule has 0 aromatic heterocycles. The van der Waals surface area contributed by atoms with Gasteiger partial charge in [0, 0.05) is 13.5 Å². The fourth-order valence-electron chi connectivity index (χ4n) is 2.53. The van der Waals surface area contributed by atoms with E-state index >= 15 is 0 Å². The van der Waals surface area contributed by atoms with Gasteiger partial charge >= 0.3 is 5.97 Å². The smallest absolute Gasteiger partial charge is 0.338 e. The number of benzene rings is 2. The van der Waals surface area contributed by atoms with E-state index < -0.39 is 16.0 Å². The zero-order chi connectivity index (χ0) is 22.1. The Morgan fingerprint density at radius 3 is 2.27 bits per heavy atom. The van der Waals surface area contributed by atoms with Gasteiger partial charge in [-0.15, -0.1) is 0 Å². The van der Waals surface area contributed by atoms with Crippen molar-refractivity contribution in [1.82, 2.24) is 9.79 Å². The molecule has 0 fully saturated rings. The summed E-state index contributed by atoms with van der Waals surface area (Å²) < 4.78 is 30.1. The first-order valence-electron chi connectivity index (χ1n) is 9.36. The van der Waals surface area contributed by atoms with E-state index in [9.17, 15) is 18.0 Å². The van der Waals surface area contributed by atoms with E-state index in [1.807, 2.05) is 31.2 Å². The molecule has 2 aromatic rings. The minimum atomic E-state index is -3.78. The molecular weight excluding hydrogens is 408 g/mol. The van der Waals surface area contributed by atoms with Crippen molar-refractivity contribution >= 4 is 21.9 Å². The summed E-state index contributed by atoms with van der Waals surface area (Å²) in [6.07, 6.45) is 0.988. The van der Waals surface area contributed by atoms with E-state index in [1.54, 1.807) is 0 Å². The minimum Gasteiger partial charge on any atom is -0.460 e. The number of hydrogen-bond acceptors (Lipinski definition) is 6. The van der Waals surface area contributed by atoms with Crippen LogP contribution in [-0.4, -0.2) is 52.1 Å². The third kappa shape index (κ3) is 6.65. The Hall–Kier alpha value is -2.75. The largest absolute Gasteiger partial charge is 0.460 e. The monoisotopic (exact) mass is 434 g/mol. The van der Waals surface area contributed by atoms with Gasteiger partial charge in [-0.3, -0.25) is 9.63 Å². The van der Waals surface area contributed by atoms with Crippen LogP contribution in [0.5, 0.6) is 0 Å². The predicted molar refractivity (Wildman–Crippen MR) is 111 cm³/mol. The van der Waals surface area contributed by atoms with E-state index in [0.29, 0.717) is 12.8 Å². The van der Waals surface area contributed by atoms with Crippen LogP contribution in [0.4, 0.5) is 0 Å². The minimum absolute atomic E-state index is 0.00996. The van der Waals surface area contributed by atoms with E-state index in [-0.39, 0.29) is 29.5 Å². The lowest BCUT2D eigenvalue weighted by Gasteiger charge is -2.14. The first kappa shape index (κ1) is 23.5. The highest BCUT2D eigenvalue weighted by molar-refractivity contribution is 7.89. The average Bonchev–Trinajstić information content (AvgIpc) is 2.75. The Morgan fingerprint density at radius 1 is 1.03 bits per heavy atom. The molecule has 30 heavy (non-hydrogen) atoms. The van der Waals surface area contributed by atoms with Crippen molar-refractivity contribution in [3.8, 4) is 0 Å². The number of sulfonamides is 1. The average molecular weight is 435 g/mol. The summed E-state index contributed by atoms with van der Waals surface area (Å²) in [5.74, 6) is -0.726. The molecule has 2 aromatic carbocycles. The van der Waals surface area contributed by atoms with E-state index in [1.165, 1.54) is 44.0 Å². The van der Waals surface area contributed by atoms with Gasteiger partial charge in [0.25, 0.3) is 10.0 Å². The van der Waals surface area contributed by atoms with Gasteiger partial charge in [-0.25, -0.2) is 13.2 Å². The van der Waals surface area contributed by atoms with Gasteiger partial charge in [-0.2, -0.15) is 0 Å². The second kappa shape index (κ2) is 10.9. The van der Waals surface area contributed by atoms with Gasteiger partial charge in [0.05, 0.1) is 24.1 Å². The standard InChI is InChI=1S/C21H26N2O6S/c1-16-4-6-17(7-5-16)8-13-20(24)22-14-15-29-21(25)18-9-11-19(12-10-18)30(26,27)23(2)28-3/h4-7,9-12H,8,13-15H2,1-3H3,(H,22,24). The number of carbonyl (C=O) groups is 2. The number of hydroxylamine groups is 1. The highest BCUT2D eigenvalue weighted by atomic mass is 32.2. The van der Waals surface area contributed by atoms with E-state index in [4.69, 9.17) is 9.57 Å². The molecule has 0 radical (unpaired) electrons. The highest BCUT2D eigenvalue weighted by Crippen LogP contribution is 2.15. The molecule has 0 aliphatic heterocycles. The molecule has 1 amide bonds. The SMILES string of the molecule is CON(C)S(=O)(=O)c1ccc(C(=O)OCCNC(=O)CCc2ccc(C)cc2)cc1. The molecule has 9 heteroatoms. The summed E-state index contributed by atoms with van der Waals surface area (Å²) in [5, 5.41) is 2.70. The number of nitrogens with one attached hydrogen (secondary N) is 1. The summed E-state index contributed by atoms with van der Waals surface area (Å²) in [6.45, 7) is 2.22. The van der Waals surface area contributed by atoms with Gasteiger partial charge < -0.3 is 10.1 Å². The molecule has 2 rings (SSSR count). The van der Waals surface area contributed by atoms with Crippen LogP contribution in [0.3, 0.4) is 0 Å². The fraction of sp³-hybridized carbons (Fsp3) is 0.333. The number of hydrogen-bond donors (Lipinski definition) is 1. The van der Waals surface area contributed by atoms with Crippen LogP contribution in [-0.2, 0) is 30.8 Å². The van der Waals surface area contributed by atoms with Crippen LogP contribution in [0, 0.1) is 6.92 Å². The molecule has 0 heterocycles. The molecule has 0 aliphatic carbocycles. The number of ether oxygens (including phenoxy) is 1. The summed E-state index contributed by atoms with van der Waals surface area (Å²) in [7, 11) is -1.27. The van der Waals surface area contributed by atoms with E-state index in [2.05, 4.69) is 5.32 Å². The van der Waals surface area contributed by atoms with Crippen molar-refractivity contribution in [2.45, 2.75) is 24.7 Å². The Labute approximate surface area is 176 Å². The lowest BCUT2D eigenvalue weighted by Crippen LogP contribution is -2.28. The van der Waals surface area contributed by atoms with Crippen molar-refractivity contribution in [2.75, 3.05) is 27.3 Å². The third-order valence-electron chi connectivity index (χ3n) is 4.40. The zero-order valence-corrected chi connectivity index (χ0v) is 18.1. The number of rotatable bonds is 10. The summed E-state index contributed by atoms with van der Waals surface area (Å²) in [6, 6.07) is 13.3. The van der Waals surface area contributed by atoms with Crippen molar-refractivity contribution in [2.24, 2.45) is 0 Å². The maximum atomic E-state index is 12.1. The topological polar surface area (TPSA) is 102 Å². The highest BCUT2D eigenvalue weighted by Gasteiger charge is 2.21. The van der Waals surface area contributed by atoms with Gasteiger partial charge in [0.1, 0.15) is 6.61 Å².